The lowest BCUT2D eigenvalue weighted by Crippen LogP contribution is -2.26. The van der Waals surface area contributed by atoms with Gasteiger partial charge in [-0.25, -0.2) is 0 Å². The highest BCUT2D eigenvalue weighted by molar-refractivity contribution is 7.84. The Morgan fingerprint density at radius 2 is 1.87 bits per heavy atom. The molecular formula is C8H13N3O3S. The van der Waals surface area contributed by atoms with Crippen molar-refractivity contribution in [3.63, 3.8) is 0 Å². The zero-order chi connectivity index (χ0) is 11.4. The van der Waals surface area contributed by atoms with Crippen molar-refractivity contribution in [2.24, 2.45) is 4.99 Å². The van der Waals surface area contributed by atoms with Gasteiger partial charge in [-0.05, 0) is 6.42 Å². The van der Waals surface area contributed by atoms with Crippen LogP contribution in [0.4, 0.5) is 0 Å². The van der Waals surface area contributed by atoms with E-state index in [4.69, 9.17) is 0 Å². The molecule has 2 unspecified atom stereocenters. The maximum atomic E-state index is 11.0. The maximum absolute atomic E-state index is 11.0. The van der Waals surface area contributed by atoms with Gasteiger partial charge in [-0.1, -0.05) is 6.92 Å². The summed E-state index contributed by atoms with van der Waals surface area (Å²) in [5.74, 6) is -1.21. The Bertz CT molecular complexity index is 322. The average Bonchev–Trinajstić information content (AvgIpc) is 2.46. The average molecular weight is 231 g/mol. The van der Waals surface area contributed by atoms with Crippen LogP contribution in [0.25, 0.3) is 0 Å². The van der Waals surface area contributed by atoms with E-state index in [0.717, 1.165) is 0 Å². The zero-order valence-electron chi connectivity index (χ0n) is 8.57. The van der Waals surface area contributed by atoms with Gasteiger partial charge in [0.2, 0.25) is 5.96 Å². The molecule has 2 N–H and O–H groups in total. The van der Waals surface area contributed by atoms with Gasteiger partial charge < -0.3 is 0 Å². The summed E-state index contributed by atoms with van der Waals surface area (Å²) in [7, 11) is -0.871. The molecule has 0 saturated carbocycles. The summed E-state index contributed by atoms with van der Waals surface area (Å²) < 4.78 is 11.0. The molecule has 2 amide bonds. The van der Waals surface area contributed by atoms with Crippen LogP contribution in [-0.2, 0) is 20.4 Å². The number of carbonyl (C=O) groups excluding carboxylic acids is 2. The number of nitrogens with zero attached hydrogens (tertiary/aromatic N) is 1. The fraction of sp³-hybridized carbons (Fsp3) is 0.625. The van der Waals surface area contributed by atoms with Crippen LogP contribution in [0.15, 0.2) is 4.99 Å². The first-order valence-corrected chi connectivity index (χ1v) is 6.12. The van der Waals surface area contributed by atoms with Gasteiger partial charge in [0.1, 0.15) is 0 Å². The Kier molecular flexibility index (Phi) is 3.96. The molecule has 0 aromatic rings. The lowest BCUT2D eigenvalue weighted by molar-refractivity contribution is -0.135. The third kappa shape index (κ3) is 3.43. The predicted octanol–water partition coefficient (Wildman–Crippen LogP) is -1.25. The van der Waals surface area contributed by atoms with E-state index >= 15 is 0 Å². The number of amides is 2. The number of hydrogen-bond donors (Lipinski definition) is 2. The Morgan fingerprint density at radius 1 is 1.33 bits per heavy atom. The minimum Gasteiger partial charge on any atom is -0.288 e. The zero-order valence-corrected chi connectivity index (χ0v) is 9.39. The second-order valence-electron chi connectivity index (χ2n) is 3.24. The van der Waals surface area contributed by atoms with E-state index in [9.17, 15) is 13.8 Å². The van der Waals surface area contributed by atoms with Gasteiger partial charge in [0.15, 0.2) is 0 Å². The molecule has 1 fully saturated rings. The Morgan fingerprint density at radius 3 is 2.33 bits per heavy atom. The smallest absolute Gasteiger partial charge is 0.288 e. The number of rotatable bonds is 4. The summed E-state index contributed by atoms with van der Waals surface area (Å²) in [5.41, 5.74) is 0. The Balaban J connectivity index is 2.37. The number of nitrogens with one attached hydrogen (secondary N) is 2. The van der Waals surface area contributed by atoms with Crippen molar-refractivity contribution < 1.29 is 13.8 Å². The second-order valence-corrected chi connectivity index (χ2v) is 5.04. The Labute approximate surface area is 90.0 Å². The van der Waals surface area contributed by atoms with Crippen LogP contribution in [-0.4, -0.2) is 40.0 Å². The van der Waals surface area contributed by atoms with Crippen LogP contribution in [0.2, 0.25) is 0 Å². The molecule has 0 bridgehead atoms. The van der Waals surface area contributed by atoms with Gasteiger partial charge >= 0.3 is 11.8 Å². The van der Waals surface area contributed by atoms with Gasteiger partial charge in [-0.2, -0.15) is 0 Å². The van der Waals surface area contributed by atoms with Crippen molar-refractivity contribution in [1.29, 1.82) is 0 Å². The highest BCUT2D eigenvalue weighted by Gasteiger charge is 2.24. The molecule has 1 aliphatic rings. The monoisotopic (exact) mass is 231 g/mol. The molecule has 0 aromatic carbocycles. The van der Waals surface area contributed by atoms with Crippen LogP contribution in [0.3, 0.4) is 0 Å². The fourth-order valence-electron chi connectivity index (χ4n) is 0.963. The normalized spacial score (nSPS) is 19.5. The second kappa shape index (κ2) is 5.01. The highest BCUT2D eigenvalue weighted by atomic mass is 32.2. The molecule has 15 heavy (non-hydrogen) atoms. The van der Waals surface area contributed by atoms with E-state index in [1.807, 2.05) is 6.92 Å². The number of guanidine groups is 1. The van der Waals surface area contributed by atoms with Crippen LogP contribution in [0.5, 0.6) is 0 Å². The summed E-state index contributed by atoms with van der Waals surface area (Å²) in [6, 6.07) is 0. The molecule has 0 aliphatic carbocycles. The SMILES string of the molecule is CC(CCN=C1NC(=O)C(=O)N1)S(C)=O. The van der Waals surface area contributed by atoms with Crippen molar-refractivity contribution >= 4 is 28.6 Å². The van der Waals surface area contributed by atoms with Gasteiger partial charge in [0.05, 0.1) is 0 Å². The molecule has 1 saturated heterocycles. The van der Waals surface area contributed by atoms with Crippen molar-refractivity contribution in [1.82, 2.24) is 10.6 Å². The van der Waals surface area contributed by atoms with E-state index in [0.29, 0.717) is 13.0 Å². The molecule has 1 rings (SSSR count). The molecule has 84 valence electrons. The maximum Gasteiger partial charge on any atom is 0.316 e. The minimum absolute atomic E-state index is 0.0576. The molecule has 0 spiro atoms. The molecule has 1 aliphatic heterocycles. The van der Waals surface area contributed by atoms with E-state index in [2.05, 4.69) is 15.6 Å². The molecule has 0 radical (unpaired) electrons. The van der Waals surface area contributed by atoms with Crippen LogP contribution >= 0.6 is 0 Å². The standard InChI is InChI=1S/C8H13N3O3S/c1-5(15(2)14)3-4-9-8-10-6(12)7(13)11-8/h5H,3-4H2,1-2H3,(H2,9,10,11,12,13). The molecule has 1 heterocycles. The first-order valence-electron chi connectivity index (χ1n) is 4.49. The number of aliphatic imine (C=N–C) groups is 1. The first kappa shape index (κ1) is 11.8. The highest BCUT2D eigenvalue weighted by Crippen LogP contribution is 1.99. The van der Waals surface area contributed by atoms with Crippen LogP contribution in [0.1, 0.15) is 13.3 Å². The van der Waals surface area contributed by atoms with Crippen molar-refractivity contribution in [2.75, 3.05) is 12.8 Å². The Hall–Kier alpha value is -1.24. The van der Waals surface area contributed by atoms with E-state index in [-0.39, 0.29) is 11.2 Å². The summed E-state index contributed by atoms with van der Waals surface area (Å²) in [5, 5.41) is 4.62. The molecule has 0 aromatic heterocycles. The number of hydrogen-bond acceptors (Lipinski definition) is 4. The third-order valence-electron chi connectivity index (χ3n) is 2.04. The summed E-state index contributed by atoms with van der Waals surface area (Å²) >= 11 is 0. The van der Waals surface area contributed by atoms with E-state index < -0.39 is 22.6 Å². The largest absolute Gasteiger partial charge is 0.316 e. The topological polar surface area (TPSA) is 87.6 Å². The molecular weight excluding hydrogens is 218 g/mol. The molecule has 2 atom stereocenters. The van der Waals surface area contributed by atoms with Crippen LogP contribution in [0, 0.1) is 0 Å². The summed E-state index contributed by atoms with van der Waals surface area (Å²) in [6.45, 7) is 2.29. The van der Waals surface area contributed by atoms with Crippen molar-refractivity contribution in [2.45, 2.75) is 18.6 Å². The fourth-order valence-corrected chi connectivity index (χ4v) is 1.40. The lowest BCUT2D eigenvalue weighted by atomic mass is 10.3. The van der Waals surface area contributed by atoms with Gasteiger partial charge in [0, 0.05) is 28.9 Å². The molecule has 6 nitrogen and oxygen atoms in total. The minimum atomic E-state index is -0.871. The lowest BCUT2D eigenvalue weighted by Gasteiger charge is -2.04. The van der Waals surface area contributed by atoms with Crippen molar-refractivity contribution in [3.8, 4) is 0 Å². The van der Waals surface area contributed by atoms with E-state index in [1.54, 1.807) is 6.26 Å². The number of carbonyl (C=O) groups is 2. The third-order valence-corrected chi connectivity index (χ3v) is 3.41. The summed E-state index contributed by atoms with van der Waals surface area (Å²) in [4.78, 5) is 25.4. The first-order chi connectivity index (χ1) is 7.00. The van der Waals surface area contributed by atoms with Gasteiger partial charge in [0.25, 0.3) is 0 Å². The van der Waals surface area contributed by atoms with Crippen molar-refractivity contribution in [3.05, 3.63) is 0 Å². The summed E-state index contributed by atoms with van der Waals surface area (Å²) in [6.07, 6.45) is 2.29. The van der Waals surface area contributed by atoms with Gasteiger partial charge in [-0.3, -0.25) is 29.4 Å². The molecule has 7 heteroatoms. The predicted molar refractivity (Wildman–Crippen MR) is 56.7 cm³/mol. The quantitative estimate of drug-likeness (QED) is 0.592. The van der Waals surface area contributed by atoms with Gasteiger partial charge in [-0.15, -0.1) is 0 Å². The van der Waals surface area contributed by atoms with E-state index in [1.165, 1.54) is 0 Å². The van der Waals surface area contributed by atoms with Crippen LogP contribution < -0.4 is 10.6 Å².